The number of amides is 3. The summed E-state index contributed by atoms with van der Waals surface area (Å²) in [5.74, 6) is 0.467. The van der Waals surface area contributed by atoms with E-state index in [1.54, 1.807) is 38.7 Å². The Morgan fingerprint density at radius 2 is 2.07 bits per heavy atom. The molecule has 0 saturated carbocycles. The molecule has 1 aliphatic heterocycles. The molecular weight excluding hydrogens is 358 g/mol. The number of aromatic nitrogens is 2. The Morgan fingerprint density at radius 3 is 2.75 bits per heavy atom. The van der Waals surface area contributed by atoms with Gasteiger partial charge in [-0.15, -0.1) is 0 Å². The van der Waals surface area contributed by atoms with Gasteiger partial charge in [-0.3, -0.25) is 14.8 Å². The number of urea groups is 1. The summed E-state index contributed by atoms with van der Waals surface area (Å²) in [5, 5.41) is 8.34. The molecule has 0 aliphatic carbocycles. The molecule has 3 heterocycles. The van der Waals surface area contributed by atoms with Gasteiger partial charge in [0, 0.05) is 35.4 Å². The summed E-state index contributed by atoms with van der Waals surface area (Å²) in [6.45, 7) is 5.77. The van der Waals surface area contributed by atoms with Crippen molar-refractivity contribution in [3.63, 3.8) is 0 Å². The Balaban J connectivity index is 1.84. The van der Waals surface area contributed by atoms with Crippen LogP contribution in [0, 0.1) is 13.8 Å². The second-order valence-electron chi connectivity index (χ2n) is 6.59. The summed E-state index contributed by atoms with van der Waals surface area (Å²) in [6.07, 6.45) is 4.99. The Bertz CT molecular complexity index is 940. The lowest BCUT2D eigenvalue weighted by Gasteiger charge is -2.28. The molecule has 28 heavy (non-hydrogen) atoms. The number of pyridine rings is 2. The SMILES string of the molecule is COc1c(C)cnc(CNC(=O)C2=C(C)NC(=O)NC2c2cccnc2)c1C. The van der Waals surface area contributed by atoms with Crippen molar-refractivity contribution < 1.29 is 14.3 Å². The van der Waals surface area contributed by atoms with Crippen LogP contribution in [0.5, 0.6) is 5.75 Å². The number of methoxy groups -OCH3 is 1. The van der Waals surface area contributed by atoms with Crippen molar-refractivity contribution in [1.82, 2.24) is 25.9 Å². The fraction of sp³-hybridized carbons (Fsp3) is 0.300. The lowest BCUT2D eigenvalue weighted by atomic mass is 9.96. The summed E-state index contributed by atoms with van der Waals surface area (Å²) in [7, 11) is 1.61. The summed E-state index contributed by atoms with van der Waals surface area (Å²) >= 11 is 0. The summed E-state index contributed by atoms with van der Waals surface area (Å²) < 4.78 is 5.42. The molecule has 8 nitrogen and oxygen atoms in total. The van der Waals surface area contributed by atoms with E-state index in [-0.39, 0.29) is 18.5 Å². The Kier molecular flexibility index (Phi) is 5.58. The first kappa shape index (κ1) is 19.3. The highest BCUT2D eigenvalue weighted by Crippen LogP contribution is 2.27. The molecule has 1 aliphatic rings. The number of nitrogens with zero attached hydrogens (tertiary/aromatic N) is 2. The minimum atomic E-state index is -0.580. The monoisotopic (exact) mass is 381 g/mol. The molecular formula is C20H23N5O3. The van der Waals surface area contributed by atoms with Crippen LogP contribution >= 0.6 is 0 Å². The zero-order valence-electron chi connectivity index (χ0n) is 16.3. The molecule has 146 valence electrons. The van der Waals surface area contributed by atoms with Crippen LogP contribution in [0.1, 0.15) is 35.3 Å². The Labute approximate surface area is 163 Å². The van der Waals surface area contributed by atoms with Crippen molar-refractivity contribution in [3.05, 3.63) is 64.4 Å². The van der Waals surface area contributed by atoms with Gasteiger partial charge in [-0.25, -0.2) is 4.79 Å². The van der Waals surface area contributed by atoms with Gasteiger partial charge in [0.2, 0.25) is 0 Å². The first-order chi connectivity index (χ1) is 13.4. The molecule has 0 saturated heterocycles. The summed E-state index contributed by atoms with van der Waals surface area (Å²) in [6, 6.07) is 2.65. The third-order valence-electron chi connectivity index (χ3n) is 4.70. The number of rotatable bonds is 5. The molecule has 3 amide bonds. The number of allylic oxidation sites excluding steroid dienone is 1. The van der Waals surface area contributed by atoms with E-state index in [1.807, 2.05) is 19.9 Å². The fourth-order valence-electron chi connectivity index (χ4n) is 3.30. The number of hydrogen-bond donors (Lipinski definition) is 3. The smallest absolute Gasteiger partial charge is 0.319 e. The van der Waals surface area contributed by atoms with Crippen LogP contribution in [0.4, 0.5) is 4.79 Å². The van der Waals surface area contributed by atoms with E-state index in [2.05, 4.69) is 25.9 Å². The molecule has 0 radical (unpaired) electrons. The highest BCUT2D eigenvalue weighted by Gasteiger charge is 2.31. The quantitative estimate of drug-likeness (QED) is 0.735. The van der Waals surface area contributed by atoms with Gasteiger partial charge in [0.25, 0.3) is 5.91 Å². The molecule has 8 heteroatoms. The maximum Gasteiger partial charge on any atom is 0.319 e. The molecule has 1 unspecified atom stereocenters. The van der Waals surface area contributed by atoms with Crippen molar-refractivity contribution in [1.29, 1.82) is 0 Å². The third-order valence-corrected chi connectivity index (χ3v) is 4.70. The van der Waals surface area contributed by atoms with E-state index in [4.69, 9.17) is 4.74 Å². The average Bonchev–Trinajstić information content (AvgIpc) is 2.67. The van der Waals surface area contributed by atoms with Crippen molar-refractivity contribution >= 4 is 11.9 Å². The molecule has 0 fully saturated rings. The Hall–Kier alpha value is -3.42. The van der Waals surface area contributed by atoms with E-state index in [9.17, 15) is 9.59 Å². The van der Waals surface area contributed by atoms with Crippen LogP contribution in [-0.4, -0.2) is 29.0 Å². The highest BCUT2D eigenvalue weighted by atomic mass is 16.5. The molecule has 1 atom stereocenters. The molecule has 2 aromatic rings. The second kappa shape index (κ2) is 8.08. The van der Waals surface area contributed by atoms with Gasteiger partial charge in [-0.1, -0.05) is 6.07 Å². The minimum absolute atomic E-state index is 0.242. The zero-order chi connectivity index (χ0) is 20.3. The standard InChI is InChI=1S/C20H23N5O3/c1-11-8-22-15(12(2)18(11)28-4)10-23-19(26)16-13(3)24-20(27)25-17(16)14-6-5-7-21-9-14/h5-9,17H,10H2,1-4H3,(H,23,26)(H2,24,25,27). The first-order valence-electron chi connectivity index (χ1n) is 8.87. The molecule has 0 bridgehead atoms. The van der Waals surface area contributed by atoms with Crippen LogP contribution in [0.25, 0.3) is 0 Å². The largest absolute Gasteiger partial charge is 0.496 e. The topological polar surface area (TPSA) is 105 Å². The lowest BCUT2D eigenvalue weighted by molar-refractivity contribution is -0.118. The van der Waals surface area contributed by atoms with Crippen LogP contribution in [0.15, 0.2) is 42.0 Å². The van der Waals surface area contributed by atoms with Gasteiger partial charge in [-0.2, -0.15) is 0 Å². The number of carbonyl (C=O) groups is 2. The fourth-order valence-corrected chi connectivity index (χ4v) is 3.30. The number of hydrogen-bond acceptors (Lipinski definition) is 5. The van der Waals surface area contributed by atoms with Gasteiger partial charge < -0.3 is 20.7 Å². The predicted molar refractivity (Wildman–Crippen MR) is 103 cm³/mol. The normalized spacial score (nSPS) is 16.3. The van der Waals surface area contributed by atoms with Gasteiger partial charge in [0.05, 0.1) is 31.0 Å². The van der Waals surface area contributed by atoms with Crippen molar-refractivity contribution in [3.8, 4) is 5.75 Å². The first-order valence-corrected chi connectivity index (χ1v) is 8.87. The van der Waals surface area contributed by atoms with Crippen molar-refractivity contribution in [2.45, 2.75) is 33.4 Å². The lowest BCUT2D eigenvalue weighted by Crippen LogP contribution is -2.47. The molecule has 3 N–H and O–H groups in total. The van der Waals surface area contributed by atoms with Gasteiger partial charge in [0.1, 0.15) is 5.75 Å². The number of carbonyl (C=O) groups excluding carboxylic acids is 2. The summed E-state index contributed by atoms with van der Waals surface area (Å²) in [5.41, 5.74) is 4.20. The number of aryl methyl sites for hydroxylation is 1. The van der Waals surface area contributed by atoms with E-state index in [0.29, 0.717) is 11.3 Å². The van der Waals surface area contributed by atoms with E-state index < -0.39 is 6.04 Å². The van der Waals surface area contributed by atoms with Gasteiger partial charge in [0.15, 0.2) is 0 Å². The van der Waals surface area contributed by atoms with Gasteiger partial charge in [-0.05, 0) is 32.4 Å². The van der Waals surface area contributed by atoms with Crippen molar-refractivity contribution in [2.24, 2.45) is 0 Å². The number of ether oxygens (including phenoxy) is 1. The molecule has 0 spiro atoms. The molecule has 2 aromatic heterocycles. The van der Waals surface area contributed by atoms with E-state index >= 15 is 0 Å². The van der Waals surface area contributed by atoms with Crippen LogP contribution < -0.4 is 20.7 Å². The summed E-state index contributed by atoms with van der Waals surface area (Å²) in [4.78, 5) is 33.4. The average molecular weight is 381 g/mol. The zero-order valence-corrected chi connectivity index (χ0v) is 16.3. The van der Waals surface area contributed by atoms with Crippen LogP contribution in [-0.2, 0) is 11.3 Å². The van der Waals surface area contributed by atoms with Crippen molar-refractivity contribution in [2.75, 3.05) is 7.11 Å². The maximum atomic E-state index is 13.0. The third kappa shape index (κ3) is 3.80. The Morgan fingerprint density at radius 1 is 1.29 bits per heavy atom. The van der Waals surface area contributed by atoms with Crippen LogP contribution in [0.3, 0.4) is 0 Å². The second-order valence-corrected chi connectivity index (χ2v) is 6.59. The van der Waals surface area contributed by atoms with E-state index in [1.165, 1.54) is 0 Å². The molecule has 0 aromatic carbocycles. The number of nitrogens with one attached hydrogen (secondary N) is 3. The van der Waals surface area contributed by atoms with Crippen LogP contribution in [0.2, 0.25) is 0 Å². The minimum Gasteiger partial charge on any atom is -0.496 e. The maximum absolute atomic E-state index is 13.0. The predicted octanol–water partition coefficient (Wildman–Crippen LogP) is 2.05. The van der Waals surface area contributed by atoms with Gasteiger partial charge >= 0.3 is 6.03 Å². The highest BCUT2D eigenvalue weighted by molar-refractivity contribution is 5.98. The van der Waals surface area contributed by atoms with E-state index in [0.717, 1.165) is 28.1 Å². The molecule has 3 rings (SSSR count).